The first-order chi connectivity index (χ1) is 15.8. The molecule has 1 saturated carbocycles. The summed E-state index contributed by atoms with van der Waals surface area (Å²) in [4.78, 5) is 10.5. The highest BCUT2D eigenvalue weighted by Crippen LogP contribution is 2.40. The SMILES string of the molecule is Cc1cc(S(=O)(=O)Nc2cscn2)c(F)cc1N(C)[C@@H]1CNCC1Cc1nc(C2CC2)cs1. The minimum Gasteiger partial charge on any atom is -0.370 e. The van der Waals surface area contributed by atoms with Crippen molar-refractivity contribution in [1.29, 1.82) is 0 Å². The molecule has 2 fully saturated rings. The Morgan fingerprint density at radius 1 is 1.27 bits per heavy atom. The van der Waals surface area contributed by atoms with Crippen LogP contribution in [0.1, 0.15) is 35.0 Å². The Kier molecular flexibility index (Phi) is 6.15. The third-order valence-electron chi connectivity index (χ3n) is 6.39. The lowest BCUT2D eigenvalue weighted by atomic mass is 9.98. The van der Waals surface area contributed by atoms with Gasteiger partial charge in [-0.25, -0.2) is 22.8 Å². The van der Waals surface area contributed by atoms with E-state index >= 15 is 4.39 Å². The largest absolute Gasteiger partial charge is 0.370 e. The van der Waals surface area contributed by atoms with Crippen LogP contribution in [-0.4, -0.2) is 44.6 Å². The molecule has 2 atom stereocenters. The van der Waals surface area contributed by atoms with Crippen molar-refractivity contribution >= 4 is 44.2 Å². The fraction of sp³-hybridized carbons (Fsp3) is 0.455. The molecule has 0 spiro atoms. The predicted octanol–water partition coefficient (Wildman–Crippen LogP) is 3.99. The Balaban J connectivity index is 1.35. The van der Waals surface area contributed by atoms with Gasteiger partial charge in [-0.1, -0.05) is 0 Å². The van der Waals surface area contributed by atoms with Gasteiger partial charge in [-0.05, 0) is 43.4 Å². The first-order valence-corrected chi connectivity index (χ1v) is 14.2. The zero-order valence-corrected chi connectivity index (χ0v) is 20.9. The van der Waals surface area contributed by atoms with E-state index < -0.39 is 15.8 Å². The number of nitrogens with one attached hydrogen (secondary N) is 2. The van der Waals surface area contributed by atoms with Crippen molar-refractivity contribution in [3.8, 4) is 0 Å². The number of halogens is 1. The molecule has 0 amide bonds. The summed E-state index contributed by atoms with van der Waals surface area (Å²) in [5.74, 6) is 0.401. The first kappa shape index (κ1) is 22.7. The van der Waals surface area contributed by atoms with Gasteiger partial charge in [0.15, 0.2) is 5.82 Å². The molecule has 0 bridgehead atoms. The molecular formula is C22H26FN5O2S3. The van der Waals surface area contributed by atoms with Crippen molar-refractivity contribution in [1.82, 2.24) is 15.3 Å². The highest BCUT2D eigenvalue weighted by Gasteiger charge is 2.33. The summed E-state index contributed by atoms with van der Waals surface area (Å²) in [5.41, 5.74) is 4.14. The molecule has 3 aromatic rings. The highest BCUT2D eigenvalue weighted by atomic mass is 32.2. The van der Waals surface area contributed by atoms with E-state index in [0.717, 1.165) is 24.5 Å². The fourth-order valence-corrected chi connectivity index (χ4v) is 7.13. The highest BCUT2D eigenvalue weighted by molar-refractivity contribution is 7.92. The second-order valence-corrected chi connectivity index (χ2v) is 12.1. The first-order valence-electron chi connectivity index (χ1n) is 10.9. The van der Waals surface area contributed by atoms with Crippen LogP contribution in [-0.2, 0) is 16.4 Å². The lowest BCUT2D eigenvalue weighted by Crippen LogP contribution is -2.39. The van der Waals surface area contributed by atoms with Gasteiger partial charge < -0.3 is 10.2 Å². The zero-order chi connectivity index (χ0) is 23.2. The molecule has 7 nitrogen and oxygen atoms in total. The molecule has 2 aromatic heterocycles. The Hall–Kier alpha value is -2.08. The fourth-order valence-electron chi connectivity index (χ4n) is 4.46. The molecule has 11 heteroatoms. The molecule has 1 saturated heterocycles. The number of aromatic nitrogens is 2. The smallest absolute Gasteiger partial charge is 0.266 e. The maximum absolute atomic E-state index is 15.0. The summed E-state index contributed by atoms with van der Waals surface area (Å²) in [6.07, 6.45) is 3.37. The number of hydrogen-bond acceptors (Lipinski definition) is 8. The van der Waals surface area contributed by atoms with Crippen LogP contribution in [0, 0.1) is 18.7 Å². The molecular weight excluding hydrogens is 481 g/mol. The summed E-state index contributed by atoms with van der Waals surface area (Å²) in [6, 6.07) is 2.89. The Morgan fingerprint density at radius 3 is 2.82 bits per heavy atom. The molecule has 3 heterocycles. The van der Waals surface area contributed by atoms with Crippen LogP contribution in [0.4, 0.5) is 15.9 Å². The van der Waals surface area contributed by atoms with E-state index in [1.165, 1.54) is 47.5 Å². The summed E-state index contributed by atoms with van der Waals surface area (Å²) >= 11 is 2.99. The minimum absolute atomic E-state index is 0.159. The second-order valence-electron chi connectivity index (χ2n) is 8.79. The Labute approximate surface area is 201 Å². The zero-order valence-electron chi connectivity index (χ0n) is 18.4. The van der Waals surface area contributed by atoms with E-state index in [9.17, 15) is 8.42 Å². The molecule has 33 heavy (non-hydrogen) atoms. The lowest BCUT2D eigenvalue weighted by molar-refractivity contribution is 0.490. The van der Waals surface area contributed by atoms with Crippen LogP contribution < -0.4 is 14.9 Å². The number of benzene rings is 1. The van der Waals surface area contributed by atoms with Crippen molar-refractivity contribution in [2.45, 2.75) is 43.0 Å². The molecule has 2 N–H and O–H groups in total. The molecule has 2 aliphatic rings. The molecule has 5 rings (SSSR count). The van der Waals surface area contributed by atoms with Gasteiger partial charge in [0.25, 0.3) is 10.0 Å². The number of anilines is 2. The van der Waals surface area contributed by atoms with Gasteiger partial charge in [-0.3, -0.25) is 4.72 Å². The van der Waals surface area contributed by atoms with Crippen LogP contribution in [0.2, 0.25) is 0 Å². The molecule has 0 radical (unpaired) electrons. The summed E-state index contributed by atoms with van der Waals surface area (Å²) in [5, 5.41) is 8.36. The van der Waals surface area contributed by atoms with Gasteiger partial charge in [0, 0.05) is 55.0 Å². The van der Waals surface area contributed by atoms with Crippen molar-refractivity contribution in [2.24, 2.45) is 5.92 Å². The lowest BCUT2D eigenvalue weighted by Gasteiger charge is -2.32. The number of likely N-dealkylation sites (N-methyl/N-ethyl adjacent to an activating group) is 1. The maximum atomic E-state index is 15.0. The van der Waals surface area contributed by atoms with Crippen molar-refractivity contribution in [2.75, 3.05) is 29.8 Å². The van der Waals surface area contributed by atoms with Gasteiger partial charge in [-0.2, -0.15) is 0 Å². The van der Waals surface area contributed by atoms with E-state index in [0.29, 0.717) is 23.1 Å². The van der Waals surface area contributed by atoms with E-state index in [-0.39, 0.29) is 16.8 Å². The van der Waals surface area contributed by atoms with Crippen LogP contribution in [0.5, 0.6) is 0 Å². The minimum atomic E-state index is -4.07. The normalized spacial score (nSPS) is 20.8. The molecule has 1 aliphatic carbocycles. The average molecular weight is 508 g/mol. The Bertz CT molecular complexity index is 1240. The van der Waals surface area contributed by atoms with Gasteiger partial charge >= 0.3 is 0 Å². The van der Waals surface area contributed by atoms with E-state index in [4.69, 9.17) is 4.98 Å². The number of hydrogen-bond donors (Lipinski definition) is 2. The predicted molar refractivity (Wildman–Crippen MR) is 130 cm³/mol. The van der Waals surface area contributed by atoms with E-state index in [1.807, 2.05) is 14.0 Å². The maximum Gasteiger partial charge on any atom is 0.266 e. The molecule has 1 aliphatic heterocycles. The molecule has 1 aromatic carbocycles. The van der Waals surface area contributed by atoms with Crippen LogP contribution in [0.3, 0.4) is 0 Å². The number of thiazole rings is 2. The second kappa shape index (κ2) is 8.94. The standard InChI is InChI=1S/C22H26FN5O2S3/c1-13-5-20(33(29,30)27-21-11-31-12-25-21)16(23)7-18(13)28(2)19-9-24-8-15(19)6-22-26-17(10-32-22)14-3-4-14/h5,7,10-12,14-15,19,24,27H,3-4,6,8-9H2,1-2H3/t15?,19-/m1/s1. The van der Waals surface area contributed by atoms with Gasteiger partial charge in [0.05, 0.1) is 16.2 Å². The third-order valence-corrected chi connectivity index (χ3v) is 9.24. The Morgan fingerprint density at radius 2 is 2.09 bits per heavy atom. The van der Waals surface area contributed by atoms with E-state index in [1.54, 1.807) is 16.7 Å². The van der Waals surface area contributed by atoms with Crippen LogP contribution in [0.15, 0.2) is 33.3 Å². The van der Waals surface area contributed by atoms with Crippen molar-refractivity contribution < 1.29 is 12.8 Å². The van der Waals surface area contributed by atoms with Crippen molar-refractivity contribution in [3.05, 3.63) is 50.5 Å². The topological polar surface area (TPSA) is 87.2 Å². The summed E-state index contributed by atoms with van der Waals surface area (Å²) in [6.45, 7) is 3.47. The summed E-state index contributed by atoms with van der Waals surface area (Å²) < 4.78 is 42.8. The van der Waals surface area contributed by atoms with E-state index in [2.05, 4.69) is 25.3 Å². The van der Waals surface area contributed by atoms with Gasteiger partial charge in [-0.15, -0.1) is 22.7 Å². The van der Waals surface area contributed by atoms with Gasteiger partial charge in [0.1, 0.15) is 10.7 Å². The molecule has 176 valence electrons. The van der Waals surface area contributed by atoms with Gasteiger partial charge in [0.2, 0.25) is 0 Å². The number of nitrogens with zero attached hydrogens (tertiary/aromatic N) is 3. The average Bonchev–Trinajstić information content (AvgIpc) is 3.15. The quantitative estimate of drug-likeness (QED) is 0.479. The third kappa shape index (κ3) is 4.77. The summed E-state index contributed by atoms with van der Waals surface area (Å²) in [7, 11) is -2.12. The van der Waals surface area contributed by atoms with Crippen LogP contribution >= 0.6 is 22.7 Å². The van der Waals surface area contributed by atoms with Crippen LogP contribution in [0.25, 0.3) is 0 Å². The molecule has 1 unspecified atom stereocenters. The number of sulfonamides is 1. The van der Waals surface area contributed by atoms with Crippen molar-refractivity contribution in [3.63, 3.8) is 0 Å². The number of aryl methyl sites for hydroxylation is 1. The monoisotopic (exact) mass is 507 g/mol. The number of rotatable bonds is 8.